The van der Waals surface area contributed by atoms with E-state index >= 15 is 0 Å². The molecule has 2 fully saturated rings. The summed E-state index contributed by atoms with van der Waals surface area (Å²) in [6, 6.07) is 6.21. The van der Waals surface area contributed by atoms with Gasteiger partial charge in [-0.3, -0.25) is 10.1 Å². The van der Waals surface area contributed by atoms with Gasteiger partial charge < -0.3 is 4.90 Å². The molecule has 0 aromatic heterocycles. The van der Waals surface area contributed by atoms with E-state index in [0.29, 0.717) is 49.3 Å². The molecule has 0 saturated carbocycles. The van der Waals surface area contributed by atoms with Crippen molar-refractivity contribution in [3.63, 3.8) is 0 Å². The molecule has 0 bridgehead atoms. The van der Waals surface area contributed by atoms with E-state index in [1.807, 2.05) is 4.90 Å². The zero-order valence-corrected chi connectivity index (χ0v) is 20.0. The SMILES string of the molecule is CC[C@@H](C)CN1C(=O)[C@@H](CC(C)C)NC12CCN(S(=O)(=O)c1cccc(Cl)c1)CC2. The third-order valence-corrected chi connectivity index (χ3v) is 8.54. The zero-order chi connectivity index (χ0) is 22.1. The standard InChI is InChI=1S/C22H34ClN3O3S/c1-5-17(4)15-26-21(27)20(13-16(2)3)24-22(26)9-11-25(12-10-22)30(28,29)19-8-6-7-18(23)14-19/h6-8,14,16-17,20,24H,5,9-13,15H2,1-4H3/t17-,20-/m1/s1. The monoisotopic (exact) mass is 455 g/mol. The number of nitrogens with zero attached hydrogens (tertiary/aromatic N) is 2. The Morgan fingerprint density at radius 3 is 2.47 bits per heavy atom. The van der Waals surface area contributed by atoms with Crippen LogP contribution in [0.5, 0.6) is 0 Å². The van der Waals surface area contributed by atoms with E-state index in [4.69, 9.17) is 11.6 Å². The first kappa shape index (κ1) is 23.5. The first-order valence-electron chi connectivity index (χ1n) is 10.9. The highest BCUT2D eigenvalue weighted by molar-refractivity contribution is 7.89. The van der Waals surface area contributed by atoms with Crippen molar-refractivity contribution in [2.75, 3.05) is 19.6 Å². The Morgan fingerprint density at radius 2 is 1.90 bits per heavy atom. The molecule has 1 amide bonds. The predicted octanol–water partition coefficient (Wildman–Crippen LogP) is 3.71. The van der Waals surface area contributed by atoms with E-state index in [1.54, 1.807) is 18.2 Å². The summed E-state index contributed by atoms with van der Waals surface area (Å²) in [7, 11) is -3.60. The molecule has 2 saturated heterocycles. The molecule has 1 spiro atoms. The summed E-state index contributed by atoms with van der Waals surface area (Å²) in [5.74, 6) is 0.976. The Kier molecular flexibility index (Phi) is 7.17. The van der Waals surface area contributed by atoms with Gasteiger partial charge in [0.15, 0.2) is 0 Å². The van der Waals surface area contributed by atoms with Gasteiger partial charge in [0, 0.05) is 24.7 Å². The van der Waals surface area contributed by atoms with E-state index in [0.717, 1.165) is 12.8 Å². The van der Waals surface area contributed by atoms with Crippen LogP contribution in [-0.2, 0) is 14.8 Å². The average Bonchev–Trinajstić information content (AvgIpc) is 2.93. The minimum Gasteiger partial charge on any atom is -0.323 e. The number of carbonyl (C=O) groups excluding carboxylic acids is 1. The van der Waals surface area contributed by atoms with Crippen LogP contribution in [0, 0.1) is 11.8 Å². The van der Waals surface area contributed by atoms with E-state index in [1.165, 1.54) is 10.4 Å². The Balaban J connectivity index is 1.80. The molecule has 2 heterocycles. The second kappa shape index (κ2) is 9.15. The molecular formula is C22H34ClN3O3S. The molecule has 30 heavy (non-hydrogen) atoms. The van der Waals surface area contributed by atoms with Crippen molar-refractivity contribution in [1.82, 2.24) is 14.5 Å². The van der Waals surface area contributed by atoms with Gasteiger partial charge in [0.1, 0.15) is 0 Å². The number of benzene rings is 1. The zero-order valence-electron chi connectivity index (χ0n) is 18.4. The maximum absolute atomic E-state index is 13.2. The number of sulfonamides is 1. The fraction of sp³-hybridized carbons (Fsp3) is 0.682. The number of piperidine rings is 1. The molecule has 1 N–H and O–H groups in total. The molecule has 2 aliphatic heterocycles. The lowest BCUT2D eigenvalue weighted by molar-refractivity contribution is -0.134. The molecule has 2 atom stereocenters. The summed E-state index contributed by atoms with van der Waals surface area (Å²) >= 11 is 6.01. The predicted molar refractivity (Wildman–Crippen MR) is 120 cm³/mol. The summed E-state index contributed by atoms with van der Waals surface area (Å²) < 4.78 is 27.7. The maximum atomic E-state index is 13.2. The maximum Gasteiger partial charge on any atom is 0.243 e. The van der Waals surface area contributed by atoms with Crippen LogP contribution in [0.3, 0.4) is 0 Å². The van der Waals surface area contributed by atoms with E-state index in [2.05, 4.69) is 33.0 Å². The van der Waals surface area contributed by atoms with Crippen molar-refractivity contribution in [2.24, 2.45) is 11.8 Å². The third-order valence-electron chi connectivity index (χ3n) is 6.41. The van der Waals surface area contributed by atoms with E-state index < -0.39 is 15.7 Å². The number of halogens is 1. The van der Waals surface area contributed by atoms with Gasteiger partial charge in [-0.15, -0.1) is 0 Å². The number of nitrogens with one attached hydrogen (secondary N) is 1. The minimum absolute atomic E-state index is 0.162. The highest BCUT2D eigenvalue weighted by atomic mass is 35.5. The lowest BCUT2D eigenvalue weighted by Gasteiger charge is -2.45. The Hall–Kier alpha value is -1.15. The summed E-state index contributed by atoms with van der Waals surface area (Å²) in [6.45, 7) is 10.0. The first-order chi connectivity index (χ1) is 14.1. The van der Waals surface area contributed by atoms with Crippen LogP contribution in [0.2, 0.25) is 5.02 Å². The lowest BCUT2D eigenvalue weighted by Crippen LogP contribution is -2.60. The molecule has 0 aliphatic carbocycles. The molecule has 6 nitrogen and oxygen atoms in total. The molecule has 1 aromatic carbocycles. The molecule has 0 radical (unpaired) electrons. The van der Waals surface area contributed by atoms with Crippen LogP contribution in [0.25, 0.3) is 0 Å². The van der Waals surface area contributed by atoms with Crippen LogP contribution in [0.1, 0.15) is 53.4 Å². The van der Waals surface area contributed by atoms with Crippen LogP contribution < -0.4 is 5.32 Å². The molecule has 3 rings (SSSR count). The van der Waals surface area contributed by atoms with Gasteiger partial charge in [0.25, 0.3) is 0 Å². The molecule has 8 heteroatoms. The van der Waals surface area contributed by atoms with Crippen LogP contribution in [0.15, 0.2) is 29.2 Å². The Bertz CT molecular complexity index is 866. The van der Waals surface area contributed by atoms with Gasteiger partial charge >= 0.3 is 0 Å². The van der Waals surface area contributed by atoms with Crippen molar-refractivity contribution in [1.29, 1.82) is 0 Å². The van der Waals surface area contributed by atoms with Crippen LogP contribution >= 0.6 is 11.6 Å². The smallest absolute Gasteiger partial charge is 0.243 e. The van der Waals surface area contributed by atoms with Gasteiger partial charge in [0.05, 0.1) is 16.6 Å². The fourth-order valence-corrected chi connectivity index (χ4v) is 6.23. The summed E-state index contributed by atoms with van der Waals surface area (Å²) in [4.78, 5) is 15.4. The number of carbonyl (C=O) groups is 1. The Morgan fingerprint density at radius 1 is 1.23 bits per heavy atom. The summed E-state index contributed by atoms with van der Waals surface area (Å²) in [5.41, 5.74) is -0.458. The molecule has 168 valence electrons. The van der Waals surface area contributed by atoms with Crippen molar-refractivity contribution in [3.8, 4) is 0 Å². The van der Waals surface area contributed by atoms with Crippen molar-refractivity contribution in [3.05, 3.63) is 29.3 Å². The van der Waals surface area contributed by atoms with Gasteiger partial charge in [-0.25, -0.2) is 8.42 Å². The highest BCUT2D eigenvalue weighted by Crippen LogP contribution is 2.36. The van der Waals surface area contributed by atoms with Crippen molar-refractivity contribution < 1.29 is 13.2 Å². The second-order valence-electron chi connectivity index (χ2n) is 9.18. The van der Waals surface area contributed by atoms with Crippen LogP contribution in [0.4, 0.5) is 0 Å². The fourth-order valence-electron chi connectivity index (χ4n) is 4.49. The van der Waals surface area contributed by atoms with Gasteiger partial charge in [-0.2, -0.15) is 4.31 Å². The average molecular weight is 456 g/mol. The number of amides is 1. The summed E-state index contributed by atoms with van der Waals surface area (Å²) in [6.07, 6.45) is 2.97. The first-order valence-corrected chi connectivity index (χ1v) is 12.8. The number of hydrogen-bond donors (Lipinski definition) is 1. The van der Waals surface area contributed by atoms with Gasteiger partial charge in [-0.05, 0) is 49.3 Å². The third kappa shape index (κ3) is 4.69. The van der Waals surface area contributed by atoms with E-state index in [9.17, 15) is 13.2 Å². The highest BCUT2D eigenvalue weighted by Gasteiger charge is 2.52. The van der Waals surface area contributed by atoms with Crippen LogP contribution in [-0.4, -0.2) is 54.9 Å². The van der Waals surface area contributed by atoms with Crippen molar-refractivity contribution in [2.45, 2.75) is 70.0 Å². The largest absolute Gasteiger partial charge is 0.323 e. The molecule has 1 aromatic rings. The Labute approximate surface area is 186 Å². The quantitative estimate of drug-likeness (QED) is 0.680. The lowest BCUT2D eigenvalue weighted by atomic mass is 9.95. The normalized spacial score (nSPS) is 23.5. The molecule has 0 unspecified atom stereocenters. The minimum atomic E-state index is -3.60. The number of rotatable bonds is 7. The molecular weight excluding hydrogens is 422 g/mol. The topological polar surface area (TPSA) is 69.7 Å². The van der Waals surface area contributed by atoms with Gasteiger partial charge in [-0.1, -0.05) is 51.8 Å². The van der Waals surface area contributed by atoms with E-state index in [-0.39, 0.29) is 16.8 Å². The molecule has 2 aliphatic rings. The van der Waals surface area contributed by atoms with Crippen molar-refractivity contribution >= 4 is 27.5 Å². The number of hydrogen-bond acceptors (Lipinski definition) is 4. The second-order valence-corrected chi connectivity index (χ2v) is 11.6. The summed E-state index contributed by atoms with van der Waals surface area (Å²) in [5, 5.41) is 4.03. The van der Waals surface area contributed by atoms with Gasteiger partial charge in [0.2, 0.25) is 15.9 Å².